The Bertz CT molecular complexity index is 1160. The lowest BCUT2D eigenvalue weighted by Crippen LogP contribution is -2.59. The van der Waals surface area contributed by atoms with Gasteiger partial charge in [0.15, 0.2) is 0 Å². The molecule has 1 atom stereocenters. The summed E-state index contributed by atoms with van der Waals surface area (Å²) in [5.74, 6) is 1.78. The van der Waals surface area contributed by atoms with Crippen LogP contribution in [0, 0.1) is 5.92 Å². The van der Waals surface area contributed by atoms with Gasteiger partial charge in [0, 0.05) is 37.0 Å². The van der Waals surface area contributed by atoms with Crippen molar-refractivity contribution in [1.29, 1.82) is 0 Å². The van der Waals surface area contributed by atoms with Gasteiger partial charge in [0.05, 0.1) is 31.1 Å². The summed E-state index contributed by atoms with van der Waals surface area (Å²) >= 11 is 0. The predicted octanol–water partition coefficient (Wildman–Crippen LogP) is 4.45. The van der Waals surface area contributed by atoms with E-state index in [0.717, 1.165) is 70.2 Å². The minimum atomic E-state index is 0.0412. The van der Waals surface area contributed by atoms with E-state index in [9.17, 15) is 4.79 Å². The van der Waals surface area contributed by atoms with Crippen molar-refractivity contribution in [3.63, 3.8) is 0 Å². The van der Waals surface area contributed by atoms with E-state index in [1.54, 1.807) is 0 Å². The molecular weight excluding hydrogens is 452 g/mol. The Hall–Kier alpha value is -3.42. The normalized spacial score (nSPS) is 23.3. The first-order valence-electron chi connectivity index (χ1n) is 12.9. The minimum absolute atomic E-state index is 0.0412. The van der Waals surface area contributed by atoms with Gasteiger partial charge in [-0.1, -0.05) is 18.2 Å². The highest BCUT2D eigenvalue weighted by Gasteiger charge is 2.40. The molecule has 7 rings (SSSR count). The van der Waals surface area contributed by atoms with E-state index in [1.807, 2.05) is 77.8 Å². The van der Waals surface area contributed by atoms with Crippen molar-refractivity contribution in [1.82, 2.24) is 9.88 Å². The van der Waals surface area contributed by atoms with E-state index in [2.05, 4.69) is 14.8 Å². The van der Waals surface area contributed by atoms with E-state index in [0.29, 0.717) is 23.1 Å². The summed E-state index contributed by atoms with van der Waals surface area (Å²) in [6, 6.07) is 21.6. The fourth-order valence-corrected chi connectivity index (χ4v) is 5.64. The number of benzene rings is 2. The third kappa shape index (κ3) is 4.81. The Morgan fingerprint density at radius 3 is 2.31 bits per heavy atom. The van der Waals surface area contributed by atoms with E-state index in [-0.39, 0.29) is 11.9 Å². The summed E-state index contributed by atoms with van der Waals surface area (Å²) in [5.41, 5.74) is 2.70. The Labute approximate surface area is 212 Å². The molecule has 7 heteroatoms. The number of carbonyl (C=O) groups excluding carboxylic acids is 1. The maximum atomic E-state index is 13.8. The molecule has 4 fully saturated rings. The molecule has 0 radical (unpaired) electrons. The molecule has 2 aromatic carbocycles. The van der Waals surface area contributed by atoms with Crippen molar-refractivity contribution in [3.8, 4) is 11.6 Å². The molecule has 7 nitrogen and oxygen atoms in total. The average Bonchev–Trinajstić information content (AvgIpc) is 2.96. The lowest BCUT2D eigenvalue weighted by atomic mass is 9.82. The maximum Gasteiger partial charge on any atom is 0.258 e. The SMILES string of the molecule is O=C(c1ccc(Oc2ccc(N3CCOCC3)cn2)cc1)N(c1ccccc1)[C@H]1CN2CCC1CC2. The van der Waals surface area contributed by atoms with Crippen LogP contribution in [0.15, 0.2) is 72.9 Å². The second-order valence-corrected chi connectivity index (χ2v) is 9.80. The number of piperidine rings is 3. The molecular formula is C29H32N4O3. The van der Waals surface area contributed by atoms with Crippen molar-refractivity contribution in [2.24, 2.45) is 5.92 Å². The number of amides is 1. The number of nitrogens with zero attached hydrogens (tertiary/aromatic N) is 4. The average molecular weight is 485 g/mol. The Morgan fingerprint density at radius 1 is 0.917 bits per heavy atom. The van der Waals surface area contributed by atoms with Crippen LogP contribution in [-0.2, 0) is 4.74 Å². The van der Waals surface area contributed by atoms with Gasteiger partial charge in [-0.05, 0) is 74.3 Å². The molecule has 0 saturated carbocycles. The lowest BCUT2D eigenvalue weighted by molar-refractivity contribution is 0.0734. The summed E-state index contributed by atoms with van der Waals surface area (Å²) < 4.78 is 11.4. The molecule has 0 N–H and O–H groups in total. The summed E-state index contributed by atoms with van der Waals surface area (Å²) in [4.78, 5) is 25.1. The van der Waals surface area contributed by atoms with Crippen LogP contribution in [0.1, 0.15) is 23.2 Å². The van der Waals surface area contributed by atoms with Crippen LogP contribution < -0.4 is 14.5 Å². The Balaban J connectivity index is 1.17. The topological polar surface area (TPSA) is 58.1 Å². The van der Waals surface area contributed by atoms with Gasteiger partial charge in [0.2, 0.25) is 5.88 Å². The molecule has 4 aliphatic heterocycles. The predicted molar refractivity (Wildman–Crippen MR) is 140 cm³/mol. The Kier molecular flexibility index (Phi) is 6.57. The van der Waals surface area contributed by atoms with Crippen LogP contribution in [0.3, 0.4) is 0 Å². The molecule has 0 spiro atoms. The molecule has 186 valence electrons. The quantitative estimate of drug-likeness (QED) is 0.515. The van der Waals surface area contributed by atoms with E-state index in [1.165, 1.54) is 0 Å². The van der Waals surface area contributed by atoms with Gasteiger partial charge < -0.3 is 24.2 Å². The van der Waals surface area contributed by atoms with E-state index >= 15 is 0 Å². The third-order valence-corrected chi connectivity index (χ3v) is 7.63. The summed E-state index contributed by atoms with van der Waals surface area (Å²) in [5, 5.41) is 0. The number of hydrogen-bond donors (Lipinski definition) is 0. The molecule has 36 heavy (non-hydrogen) atoms. The zero-order valence-corrected chi connectivity index (χ0v) is 20.5. The summed E-state index contributed by atoms with van der Waals surface area (Å²) in [7, 11) is 0. The second-order valence-electron chi connectivity index (χ2n) is 9.80. The Morgan fingerprint density at radius 2 is 1.67 bits per heavy atom. The fraction of sp³-hybridized carbons (Fsp3) is 0.379. The zero-order valence-electron chi connectivity index (χ0n) is 20.5. The van der Waals surface area contributed by atoms with Crippen LogP contribution in [0.5, 0.6) is 11.6 Å². The van der Waals surface area contributed by atoms with Gasteiger partial charge in [-0.2, -0.15) is 0 Å². The molecule has 3 aromatic rings. The van der Waals surface area contributed by atoms with Crippen molar-refractivity contribution in [2.45, 2.75) is 18.9 Å². The van der Waals surface area contributed by atoms with Gasteiger partial charge >= 0.3 is 0 Å². The lowest BCUT2D eigenvalue weighted by Gasteiger charge is -2.49. The first-order chi connectivity index (χ1) is 17.7. The van der Waals surface area contributed by atoms with Crippen LogP contribution >= 0.6 is 0 Å². The number of pyridine rings is 1. The van der Waals surface area contributed by atoms with E-state index in [4.69, 9.17) is 9.47 Å². The molecule has 1 amide bonds. The number of fused-ring (bicyclic) bond motifs is 3. The van der Waals surface area contributed by atoms with Gasteiger partial charge in [-0.15, -0.1) is 0 Å². The van der Waals surface area contributed by atoms with Gasteiger partial charge in [-0.25, -0.2) is 4.98 Å². The van der Waals surface area contributed by atoms with Crippen molar-refractivity contribution in [2.75, 3.05) is 55.7 Å². The van der Waals surface area contributed by atoms with Gasteiger partial charge in [-0.3, -0.25) is 4.79 Å². The fourth-order valence-electron chi connectivity index (χ4n) is 5.64. The number of ether oxygens (including phenoxy) is 2. The molecule has 5 heterocycles. The third-order valence-electron chi connectivity index (χ3n) is 7.63. The molecule has 1 aromatic heterocycles. The maximum absolute atomic E-state index is 13.8. The molecule has 2 bridgehead atoms. The number of carbonyl (C=O) groups is 1. The minimum Gasteiger partial charge on any atom is -0.439 e. The summed E-state index contributed by atoms with van der Waals surface area (Å²) in [6.45, 7) is 6.46. The second kappa shape index (κ2) is 10.3. The van der Waals surface area contributed by atoms with Crippen LogP contribution in [0.2, 0.25) is 0 Å². The van der Waals surface area contributed by atoms with Gasteiger partial charge in [0.1, 0.15) is 5.75 Å². The van der Waals surface area contributed by atoms with Crippen LogP contribution in [0.25, 0.3) is 0 Å². The van der Waals surface area contributed by atoms with Crippen molar-refractivity contribution >= 4 is 17.3 Å². The number of hydrogen-bond acceptors (Lipinski definition) is 6. The highest BCUT2D eigenvalue weighted by atomic mass is 16.5. The standard InChI is InChI=1S/C29H32N4O3/c34-29(33(24-4-2-1-3-5-24)27-21-31-14-12-22(27)13-15-31)23-6-9-26(10-7-23)36-28-11-8-25(20-30-28)32-16-18-35-19-17-32/h1-11,20,22,27H,12-19,21H2/t27-/m0/s1. The van der Waals surface area contributed by atoms with Crippen LogP contribution in [0.4, 0.5) is 11.4 Å². The number of rotatable bonds is 6. The van der Waals surface area contributed by atoms with Crippen molar-refractivity contribution < 1.29 is 14.3 Å². The molecule has 4 aliphatic rings. The van der Waals surface area contributed by atoms with E-state index < -0.39 is 0 Å². The molecule has 0 aliphatic carbocycles. The largest absolute Gasteiger partial charge is 0.439 e. The zero-order chi connectivity index (χ0) is 24.3. The van der Waals surface area contributed by atoms with Crippen LogP contribution in [-0.4, -0.2) is 67.8 Å². The number of para-hydroxylation sites is 1. The first-order valence-corrected chi connectivity index (χ1v) is 12.9. The van der Waals surface area contributed by atoms with Gasteiger partial charge in [0.25, 0.3) is 5.91 Å². The number of anilines is 2. The monoisotopic (exact) mass is 484 g/mol. The first kappa shape index (κ1) is 23.0. The van der Waals surface area contributed by atoms with Crippen molar-refractivity contribution in [3.05, 3.63) is 78.5 Å². The number of morpholine rings is 1. The number of aromatic nitrogens is 1. The smallest absolute Gasteiger partial charge is 0.258 e. The highest BCUT2D eigenvalue weighted by molar-refractivity contribution is 6.06. The summed E-state index contributed by atoms with van der Waals surface area (Å²) in [6.07, 6.45) is 4.15. The highest BCUT2D eigenvalue weighted by Crippen LogP contribution is 2.34. The molecule has 4 saturated heterocycles. The molecule has 0 unspecified atom stereocenters.